The minimum Gasteiger partial charge on any atom is -0.507 e. The Hall–Kier alpha value is -3.09. The molecule has 21 heavy (non-hydrogen) atoms. The molecular formula is C14H13N3O4. The normalized spacial score (nSPS) is 10.5. The molecule has 0 aliphatic carbocycles. The second-order valence-electron chi connectivity index (χ2n) is 4.07. The molecule has 0 aliphatic heterocycles. The van der Waals surface area contributed by atoms with Gasteiger partial charge < -0.3 is 9.84 Å². The van der Waals surface area contributed by atoms with E-state index >= 15 is 0 Å². The van der Waals surface area contributed by atoms with Gasteiger partial charge in [0.1, 0.15) is 17.2 Å². The van der Waals surface area contributed by atoms with E-state index in [4.69, 9.17) is 4.74 Å². The molecule has 0 spiro atoms. The van der Waals surface area contributed by atoms with Gasteiger partial charge in [-0.25, -0.2) is 0 Å². The Labute approximate surface area is 120 Å². The Bertz CT molecular complexity index is 686. The SMILES string of the molecule is COc1ccc(O)c(/C=N/Nc2ccccc2[N+](=O)[O-])c1. The maximum absolute atomic E-state index is 10.8. The summed E-state index contributed by atoms with van der Waals surface area (Å²) in [4.78, 5) is 10.4. The van der Waals surface area contributed by atoms with E-state index in [2.05, 4.69) is 10.5 Å². The van der Waals surface area contributed by atoms with Crippen LogP contribution in [0.4, 0.5) is 11.4 Å². The number of ether oxygens (including phenoxy) is 1. The van der Waals surface area contributed by atoms with Crippen LogP contribution in [0.25, 0.3) is 0 Å². The van der Waals surface area contributed by atoms with E-state index in [0.717, 1.165) is 0 Å². The number of hydrogen-bond acceptors (Lipinski definition) is 6. The lowest BCUT2D eigenvalue weighted by Crippen LogP contribution is -1.96. The van der Waals surface area contributed by atoms with Gasteiger partial charge in [-0.2, -0.15) is 5.10 Å². The van der Waals surface area contributed by atoms with Crippen molar-refractivity contribution in [2.45, 2.75) is 0 Å². The maximum Gasteiger partial charge on any atom is 0.294 e. The Morgan fingerprint density at radius 2 is 2.10 bits per heavy atom. The zero-order chi connectivity index (χ0) is 15.2. The van der Waals surface area contributed by atoms with Crippen LogP contribution in [-0.2, 0) is 0 Å². The summed E-state index contributed by atoms with van der Waals surface area (Å²) < 4.78 is 5.04. The molecule has 0 fully saturated rings. The van der Waals surface area contributed by atoms with Crippen molar-refractivity contribution in [2.75, 3.05) is 12.5 Å². The molecule has 2 rings (SSSR count). The van der Waals surface area contributed by atoms with Crippen LogP contribution in [0.5, 0.6) is 11.5 Å². The first-order valence-corrected chi connectivity index (χ1v) is 6.01. The number of aromatic hydroxyl groups is 1. The Morgan fingerprint density at radius 3 is 2.81 bits per heavy atom. The first-order chi connectivity index (χ1) is 10.1. The van der Waals surface area contributed by atoms with Crippen molar-refractivity contribution in [2.24, 2.45) is 5.10 Å². The molecular weight excluding hydrogens is 274 g/mol. The molecule has 0 saturated carbocycles. The van der Waals surface area contributed by atoms with Gasteiger partial charge in [-0.15, -0.1) is 0 Å². The van der Waals surface area contributed by atoms with Crippen LogP contribution in [0.1, 0.15) is 5.56 Å². The van der Waals surface area contributed by atoms with Crippen molar-refractivity contribution in [3.63, 3.8) is 0 Å². The summed E-state index contributed by atoms with van der Waals surface area (Å²) in [6, 6.07) is 10.8. The molecule has 0 aromatic heterocycles. The predicted molar refractivity (Wildman–Crippen MR) is 79.0 cm³/mol. The van der Waals surface area contributed by atoms with Gasteiger partial charge in [0.2, 0.25) is 0 Å². The zero-order valence-corrected chi connectivity index (χ0v) is 11.2. The Kier molecular flexibility index (Phi) is 4.35. The average molecular weight is 287 g/mol. The molecule has 2 N–H and O–H groups in total. The first-order valence-electron chi connectivity index (χ1n) is 6.01. The smallest absolute Gasteiger partial charge is 0.294 e. The number of nitro groups is 1. The van der Waals surface area contributed by atoms with E-state index in [9.17, 15) is 15.2 Å². The van der Waals surface area contributed by atoms with Crippen molar-refractivity contribution in [1.82, 2.24) is 0 Å². The quantitative estimate of drug-likeness (QED) is 0.500. The highest BCUT2D eigenvalue weighted by molar-refractivity contribution is 5.84. The van der Waals surface area contributed by atoms with E-state index < -0.39 is 4.92 Å². The number of nitrogens with one attached hydrogen (secondary N) is 1. The van der Waals surface area contributed by atoms with Crippen molar-refractivity contribution in [3.8, 4) is 11.5 Å². The number of hydrazone groups is 1. The number of nitro benzene ring substituents is 1. The highest BCUT2D eigenvalue weighted by Gasteiger charge is 2.11. The molecule has 0 saturated heterocycles. The van der Waals surface area contributed by atoms with Crippen LogP contribution in [0.2, 0.25) is 0 Å². The number of para-hydroxylation sites is 2. The number of phenols is 1. The van der Waals surface area contributed by atoms with E-state index in [1.165, 1.54) is 25.5 Å². The van der Waals surface area contributed by atoms with Crippen LogP contribution < -0.4 is 10.2 Å². The highest BCUT2D eigenvalue weighted by Crippen LogP contribution is 2.24. The summed E-state index contributed by atoms with van der Waals surface area (Å²) in [6.07, 6.45) is 1.36. The Balaban J connectivity index is 2.18. The molecule has 0 aliphatic rings. The van der Waals surface area contributed by atoms with E-state index in [-0.39, 0.29) is 17.1 Å². The molecule has 0 bridgehead atoms. The first kappa shape index (κ1) is 14.3. The van der Waals surface area contributed by atoms with Gasteiger partial charge in [0.25, 0.3) is 5.69 Å². The highest BCUT2D eigenvalue weighted by atomic mass is 16.6. The second kappa shape index (κ2) is 6.38. The van der Waals surface area contributed by atoms with Gasteiger partial charge in [0.15, 0.2) is 0 Å². The topological polar surface area (TPSA) is 97.0 Å². The molecule has 0 amide bonds. The van der Waals surface area contributed by atoms with Crippen LogP contribution in [0.3, 0.4) is 0 Å². The molecule has 0 heterocycles. The van der Waals surface area contributed by atoms with Crippen molar-refractivity contribution >= 4 is 17.6 Å². The van der Waals surface area contributed by atoms with Crippen LogP contribution in [0.15, 0.2) is 47.6 Å². The van der Waals surface area contributed by atoms with Gasteiger partial charge in [-0.05, 0) is 24.3 Å². The van der Waals surface area contributed by atoms with Gasteiger partial charge in [0.05, 0.1) is 18.2 Å². The third kappa shape index (κ3) is 3.47. The maximum atomic E-state index is 10.8. The Morgan fingerprint density at radius 1 is 1.33 bits per heavy atom. The predicted octanol–water partition coefficient (Wildman–Crippen LogP) is 2.76. The van der Waals surface area contributed by atoms with Crippen LogP contribution in [-0.4, -0.2) is 23.4 Å². The summed E-state index contributed by atoms with van der Waals surface area (Å²) in [5.41, 5.74) is 3.20. The van der Waals surface area contributed by atoms with Gasteiger partial charge in [-0.1, -0.05) is 12.1 Å². The number of rotatable bonds is 5. The number of phenolic OH excluding ortho intramolecular Hbond substituents is 1. The molecule has 7 heteroatoms. The lowest BCUT2D eigenvalue weighted by Gasteiger charge is -2.04. The largest absolute Gasteiger partial charge is 0.507 e. The van der Waals surface area contributed by atoms with Crippen LogP contribution >= 0.6 is 0 Å². The lowest BCUT2D eigenvalue weighted by molar-refractivity contribution is -0.384. The average Bonchev–Trinajstić information content (AvgIpc) is 2.49. The minimum absolute atomic E-state index is 0.0314. The van der Waals surface area contributed by atoms with Crippen molar-refractivity contribution in [1.29, 1.82) is 0 Å². The zero-order valence-electron chi connectivity index (χ0n) is 11.2. The van der Waals surface area contributed by atoms with E-state index in [1.807, 2.05) is 0 Å². The third-order valence-electron chi connectivity index (χ3n) is 2.72. The lowest BCUT2D eigenvalue weighted by atomic mass is 10.2. The fourth-order valence-corrected chi connectivity index (χ4v) is 1.66. The molecule has 0 radical (unpaired) electrons. The number of benzene rings is 2. The summed E-state index contributed by atoms with van der Waals surface area (Å²) in [6.45, 7) is 0. The number of anilines is 1. The number of hydrogen-bond donors (Lipinski definition) is 2. The van der Waals surface area contributed by atoms with Crippen molar-refractivity contribution in [3.05, 3.63) is 58.1 Å². The molecule has 108 valence electrons. The van der Waals surface area contributed by atoms with E-state index in [1.54, 1.807) is 30.3 Å². The van der Waals surface area contributed by atoms with E-state index in [0.29, 0.717) is 11.3 Å². The summed E-state index contributed by atoms with van der Waals surface area (Å²) in [7, 11) is 1.51. The number of nitrogens with zero attached hydrogens (tertiary/aromatic N) is 2. The molecule has 7 nitrogen and oxygen atoms in total. The van der Waals surface area contributed by atoms with Gasteiger partial charge in [-0.3, -0.25) is 15.5 Å². The summed E-state index contributed by atoms with van der Waals surface area (Å²) in [5.74, 6) is 0.601. The van der Waals surface area contributed by atoms with Crippen LogP contribution in [0, 0.1) is 10.1 Å². The standard InChI is InChI=1S/C14H13N3O4/c1-21-11-6-7-14(18)10(8-11)9-15-16-12-4-2-3-5-13(12)17(19)20/h2-9,16,18H,1H3/b15-9+. The molecule has 0 unspecified atom stereocenters. The summed E-state index contributed by atoms with van der Waals surface area (Å²) >= 11 is 0. The third-order valence-corrected chi connectivity index (χ3v) is 2.72. The monoisotopic (exact) mass is 287 g/mol. The van der Waals surface area contributed by atoms with Crippen molar-refractivity contribution < 1.29 is 14.8 Å². The molecule has 2 aromatic rings. The summed E-state index contributed by atoms with van der Waals surface area (Å²) in [5, 5.41) is 24.4. The number of methoxy groups -OCH3 is 1. The second-order valence-corrected chi connectivity index (χ2v) is 4.07. The van der Waals surface area contributed by atoms with Gasteiger partial charge in [0, 0.05) is 11.6 Å². The van der Waals surface area contributed by atoms with Gasteiger partial charge >= 0.3 is 0 Å². The molecule has 0 atom stereocenters. The fourth-order valence-electron chi connectivity index (χ4n) is 1.66. The molecule has 2 aromatic carbocycles. The minimum atomic E-state index is -0.499. The fraction of sp³-hybridized carbons (Fsp3) is 0.0714.